The molecule has 4 rings (SSSR count). The summed E-state index contributed by atoms with van der Waals surface area (Å²) in [4.78, 5) is 28.1. The van der Waals surface area contributed by atoms with E-state index in [1.54, 1.807) is 62.4 Å². The standard InChI is InChI=1S/C28H29Cl2N3O6S/c1-3-31-28(35)19(2)32(17-20-9-10-21(29)15-24(20)30)27(34)18-33(40(36,37)23-7-5-4-6-8-23)22-11-12-25-26(16-22)39-14-13-38-25/h4-12,15-16,19H,3,13-14,17-18H2,1-2H3,(H,31,35)/t19-/m0/s1. The van der Waals surface area contributed by atoms with Crippen molar-refractivity contribution in [3.05, 3.63) is 82.3 Å². The van der Waals surface area contributed by atoms with Gasteiger partial charge in [0.25, 0.3) is 10.0 Å². The smallest absolute Gasteiger partial charge is 0.264 e. The summed E-state index contributed by atoms with van der Waals surface area (Å²) in [5.74, 6) is -0.163. The van der Waals surface area contributed by atoms with Gasteiger partial charge in [0, 0.05) is 29.2 Å². The van der Waals surface area contributed by atoms with Crippen LogP contribution in [-0.2, 0) is 26.2 Å². The molecule has 40 heavy (non-hydrogen) atoms. The molecule has 1 aliphatic heterocycles. The largest absolute Gasteiger partial charge is 0.486 e. The number of rotatable bonds is 10. The highest BCUT2D eigenvalue weighted by molar-refractivity contribution is 7.92. The first-order valence-corrected chi connectivity index (χ1v) is 14.8. The topological polar surface area (TPSA) is 105 Å². The summed E-state index contributed by atoms with van der Waals surface area (Å²) in [5, 5.41) is 3.45. The summed E-state index contributed by atoms with van der Waals surface area (Å²) in [6, 6.07) is 16.4. The number of ether oxygens (including phenoxy) is 2. The van der Waals surface area contributed by atoms with Gasteiger partial charge in [-0.25, -0.2) is 8.42 Å². The molecule has 0 saturated carbocycles. The molecular weight excluding hydrogens is 577 g/mol. The van der Waals surface area contributed by atoms with Crippen LogP contribution in [0, 0.1) is 0 Å². The van der Waals surface area contributed by atoms with E-state index < -0.39 is 34.4 Å². The van der Waals surface area contributed by atoms with Crippen molar-refractivity contribution in [1.29, 1.82) is 0 Å². The highest BCUT2D eigenvalue weighted by Crippen LogP contribution is 2.36. The number of nitrogens with zero attached hydrogens (tertiary/aromatic N) is 2. The summed E-state index contributed by atoms with van der Waals surface area (Å²) in [6.45, 7) is 3.74. The summed E-state index contributed by atoms with van der Waals surface area (Å²) >= 11 is 12.4. The van der Waals surface area contributed by atoms with E-state index in [-0.39, 0.29) is 17.1 Å². The summed E-state index contributed by atoms with van der Waals surface area (Å²) in [7, 11) is -4.21. The number of nitrogens with one attached hydrogen (secondary N) is 1. The molecule has 0 aliphatic carbocycles. The lowest BCUT2D eigenvalue weighted by molar-refractivity contribution is -0.139. The van der Waals surface area contributed by atoms with Gasteiger partial charge in [0.2, 0.25) is 11.8 Å². The van der Waals surface area contributed by atoms with Gasteiger partial charge in [-0.1, -0.05) is 47.5 Å². The molecule has 12 heteroatoms. The molecule has 212 valence electrons. The van der Waals surface area contributed by atoms with Crippen LogP contribution in [0.15, 0.2) is 71.6 Å². The highest BCUT2D eigenvalue weighted by atomic mass is 35.5. The van der Waals surface area contributed by atoms with E-state index in [0.717, 1.165) is 4.31 Å². The molecule has 9 nitrogen and oxygen atoms in total. The van der Waals surface area contributed by atoms with Gasteiger partial charge in [-0.2, -0.15) is 0 Å². The van der Waals surface area contributed by atoms with Crippen molar-refractivity contribution in [3.8, 4) is 11.5 Å². The molecule has 0 unspecified atom stereocenters. The van der Waals surface area contributed by atoms with Crippen LogP contribution in [0.3, 0.4) is 0 Å². The van der Waals surface area contributed by atoms with E-state index in [0.29, 0.717) is 46.9 Å². The molecule has 3 aromatic carbocycles. The van der Waals surface area contributed by atoms with E-state index in [1.807, 2.05) is 0 Å². The Kier molecular flexibility index (Phi) is 9.44. The average molecular weight is 607 g/mol. The summed E-state index contributed by atoms with van der Waals surface area (Å²) in [6.07, 6.45) is 0. The second-order valence-electron chi connectivity index (χ2n) is 8.98. The van der Waals surface area contributed by atoms with Gasteiger partial charge < -0.3 is 19.7 Å². The SMILES string of the molecule is CCNC(=O)[C@H](C)N(Cc1ccc(Cl)cc1Cl)C(=O)CN(c1ccc2c(c1)OCCO2)S(=O)(=O)c1ccccc1. The molecule has 1 atom stereocenters. The minimum Gasteiger partial charge on any atom is -0.486 e. The molecular formula is C28H29Cl2N3O6S. The third kappa shape index (κ3) is 6.63. The Hall–Kier alpha value is -3.47. The third-order valence-corrected chi connectivity index (χ3v) is 8.67. The average Bonchev–Trinajstić information content (AvgIpc) is 2.95. The van der Waals surface area contributed by atoms with Crippen LogP contribution in [0.25, 0.3) is 0 Å². The van der Waals surface area contributed by atoms with Crippen LogP contribution in [0.5, 0.6) is 11.5 Å². The number of carbonyl (C=O) groups is 2. The van der Waals surface area contributed by atoms with Crippen molar-refractivity contribution in [2.45, 2.75) is 31.3 Å². The number of amides is 2. The van der Waals surface area contributed by atoms with Gasteiger partial charge in [-0.05, 0) is 55.8 Å². The maximum atomic E-state index is 13.9. The molecule has 0 bridgehead atoms. The highest BCUT2D eigenvalue weighted by Gasteiger charge is 2.33. The predicted molar refractivity (Wildman–Crippen MR) is 154 cm³/mol. The van der Waals surface area contributed by atoms with Gasteiger partial charge >= 0.3 is 0 Å². The Morgan fingerprint density at radius 1 is 0.975 bits per heavy atom. The molecule has 1 aliphatic rings. The maximum Gasteiger partial charge on any atom is 0.264 e. The van der Waals surface area contributed by atoms with Crippen molar-refractivity contribution in [2.75, 3.05) is 30.6 Å². The number of carbonyl (C=O) groups excluding carboxylic acids is 2. The van der Waals surface area contributed by atoms with Gasteiger partial charge in [-0.15, -0.1) is 0 Å². The van der Waals surface area contributed by atoms with Crippen LogP contribution in [0.4, 0.5) is 5.69 Å². The molecule has 0 radical (unpaired) electrons. The molecule has 0 spiro atoms. The number of benzene rings is 3. The van der Waals surface area contributed by atoms with Gasteiger partial charge in [-0.3, -0.25) is 13.9 Å². The zero-order valence-electron chi connectivity index (χ0n) is 22.0. The quantitative estimate of drug-likeness (QED) is 0.364. The molecule has 3 aromatic rings. The lowest BCUT2D eigenvalue weighted by Gasteiger charge is -2.32. The van der Waals surface area contributed by atoms with E-state index in [2.05, 4.69) is 5.32 Å². The maximum absolute atomic E-state index is 13.9. The zero-order valence-corrected chi connectivity index (χ0v) is 24.3. The van der Waals surface area contributed by atoms with E-state index >= 15 is 0 Å². The Labute approximate surface area is 243 Å². The summed E-state index contributed by atoms with van der Waals surface area (Å²) < 4.78 is 40.0. The Bertz CT molecular complexity index is 1490. The zero-order chi connectivity index (χ0) is 28.9. The number of likely N-dealkylation sites (N-methyl/N-ethyl adjacent to an activating group) is 1. The van der Waals surface area contributed by atoms with Crippen molar-refractivity contribution in [3.63, 3.8) is 0 Å². The number of anilines is 1. The van der Waals surface area contributed by atoms with Crippen molar-refractivity contribution < 1.29 is 27.5 Å². The van der Waals surface area contributed by atoms with Crippen LogP contribution in [0.2, 0.25) is 10.0 Å². The van der Waals surface area contributed by atoms with Crippen molar-refractivity contribution in [2.24, 2.45) is 0 Å². The molecule has 1 N–H and O–H groups in total. The fourth-order valence-corrected chi connectivity index (χ4v) is 6.07. The first-order valence-electron chi connectivity index (χ1n) is 12.6. The Balaban J connectivity index is 1.74. The molecule has 0 saturated heterocycles. The van der Waals surface area contributed by atoms with Crippen molar-refractivity contribution in [1.82, 2.24) is 10.2 Å². The second kappa shape index (κ2) is 12.8. The lowest BCUT2D eigenvalue weighted by atomic mass is 10.1. The lowest BCUT2D eigenvalue weighted by Crippen LogP contribution is -2.51. The number of fused-ring (bicyclic) bond motifs is 1. The van der Waals surface area contributed by atoms with Gasteiger partial charge in [0.1, 0.15) is 25.8 Å². The molecule has 2 amide bonds. The number of hydrogen-bond acceptors (Lipinski definition) is 6. The van der Waals surface area contributed by atoms with Gasteiger partial charge in [0.15, 0.2) is 11.5 Å². The second-order valence-corrected chi connectivity index (χ2v) is 11.7. The molecule has 0 fully saturated rings. The van der Waals surface area contributed by atoms with E-state index in [9.17, 15) is 18.0 Å². The van der Waals surface area contributed by atoms with E-state index in [1.165, 1.54) is 23.1 Å². The van der Waals surface area contributed by atoms with Crippen LogP contribution in [-0.4, -0.2) is 57.5 Å². The monoisotopic (exact) mass is 605 g/mol. The Morgan fingerprint density at radius 3 is 2.35 bits per heavy atom. The number of halogens is 2. The van der Waals surface area contributed by atoms with E-state index in [4.69, 9.17) is 32.7 Å². The minimum atomic E-state index is -4.21. The fraction of sp³-hybridized carbons (Fsp3) is 0.286. The van der Waals surface area contributed by atoms with Crippen molar-refractivity contribution >= 4 is 50.7 Å². The van der Waals surface area contributed by atoms with Crippen LogP contribution < -0.4 is 19.1 Å². The van der Waals surface area contributed by atoms with Crippen LogP contribution in [0.1, 0.15) is 19.4 Å². The van der Waals surface area contributed by atoms with Gasteiger partial charge in [0.05, 0.1) is 10.6 Å². The fourth-order valence-electron chi connectivity index (χ4n) is 4.17. The summed E-state index contributed by atoms with van der Waals surface area (Å²) in [5.41, 5.74) is 0.754. The molecule has 1 heterocycles. The predicted octanol–water partition coefficient (Wildman–Crippen LogP) is 4.51. The number of sulfonamides is 1. The first-order chi connectivity index (χ1) is 19.1. The number of hydrogen-bond donors (Lipinski definition) is 1. The normalized spacial score (nSPS) is 13.3. The first kappa shape index (κ1) is 29.5. The minimum absolute atomic E-state index is 0.00163. The van der Waals surface area contributed by atoms with Crippen LogP contribution >= 0.6 is 23.2 Å². The Morgan fingerprint density at radius 2 is 1.68 bits per heavy atom. The molecule has 0 aromatic heterocycles. The third-order valence-electron chi connectivity index (χ3n) is 6.30.